The Labute approximate surface area is 104 Å². The number of nitrogens with one attached hydrogen (secondary N) is 1. The first-order valence-corrected chi connectivity index (χ1v) is 5.83. The average Bonchev–Trinajstić information content (AvgIpc) is 2.87. The monoisotopic (exact) mass is 242 g/mol. The van der Waals surface area contributed by atoms with Gasteiger partial charge in [0, 0.05) is 0 Å². The zero-order chi connectivity index (χ0) is 13.0. The molecule has 1 aromatic carbocycles. The third-order valence-corrected chi connectivity index (χ3v) is 2.37. The van der Waals surface area contributed by atoms with Gasteiger partial charge < -0.3 is 4.98 Å². The molecule has 0 aliphatic rings. The van der Waals surface area contributed by atoms with E-state index in [1.165, 1.54) is 12.5 Å². The van der Waals surface area contributed by atoms with E-state index in [1.54, 1.807) is 4.68 Å². The quantitative estimate of drug-likeness (QED) is 0.711. The summed E-state index contributed by atoms with van der Waals surface area (Å²) < 4.78 is 1.64. The van der Waals surface area contributed by atoms with Gasteiger partial charge in [-0.2, -0.15) is 5.10 Å². The second-order valence-corrected chi connectivity index (χ2v) is 3.36. The Kier molecular flexibility index (Phi) is 3.52. The van der Waals surface area contributed by atoms with Crippen LogP contribution in [0.25, 0.3) is 16.7 Å². The maximum Gasteiger partial charge on any atom is 0.261 e. The number of para-hydroxylation sites is 1. The SMILES string of the molecule is CC.O=c1[nH]cnc2c1cnn2-c1ccccc1. The lowest BCUT2D eigenvalue weighted by atomic mass is 10.3. The van der Waals surface area contributed by atoms with Gasteiger partial charge in [-0.3, -0.25) is 4.79 Å². The van der Waals surface area contributed by atoms with E-state index < -0.39 is 0 Å². The number of fused-ring (bicyclic) bond motifs is 1. The maximum atomic E-state index is 11.5. The van der Waals surface area contributed by atoms with Crippen LogP contribution in [0.3, 0.4) is 0 Å². The summed E-state index contributed by atoms with van der Waals surface area (Å²) in [6.45, 7) is 4.00. The highest BCUT2D eigenvalue weighted by molar-refractivity contribution is 5.74. The summed E-state index contributed by atoms with van der Waals surface area (Å²) in [4.78, 5) is 18.1. The first-order valence-electron chi connectivity index (χ1n) is 5.83. The molecule has 5 heteroatoms. The third-order valence-electron chi connectivity index (χ3n) is 2.37. The molecule has 0 aliphatic carbocycles. The summed E-state index contributed by atoms with van der Waals surface area (Å²) in [5, 5.41) is 4.65. The van der Waals surface area contributed by atoms with Crippen LogP contribution >= 0.6 is 0 Å². The van der Waals surface area contributed by atoms with Crippen molar-refractivity contribution in [3.63, 3.8) is 0 Å². The van der Waals surface area contributed by atoms with Gasteiger partial charge in [-0.1, -0.05) is 32.0 Å². The number of aromatic amines is 1. The number of rotatable bonds is 1. The van der Waals surface area contributed by atoms with E-state index in [9.17, 15) is 4.79 Å². The molecule has 3 rings (SSSR count). The maximum absolute atomic E-state index is 11.5. The molecule has 0 bridgehead atoms. The molecule has 3 aromatic rings. The summed E-state index contributed by atoms with van der Waals surface area (Å²) in [5.74, 6) is 0. The summed E-state index contributed by atoms with van der Waals surface area (Å²) >= 11 is 0. The van der Waals surface area contributed by atoms with Gasteiger partial charge in [-0.25, -0.2) is 9.67 Å². The molecule has 0 saturated heterocycles. The fourth-order valence-electron chi connectivity index (χ4n) is 1.61. The van der Waals surface area contributed by atoms with Crippen LogP contribution in [0.4, 0.5) is 0 Å². The van der Waals surface area contributed by atoms with Gasteiger partial charge >= 0.3 is 0 Å². The molecule has 0 radical (unpaired) electrons. The van der Waals surface area contributed by atoms with Crippen LogP contribution in [0.2, 0.25) is 0 Å². The summed E-state index contributed by atoms with van der Waals surface area (Å²) in [7, 11) is 0. The molecule has 0 saturated carbocycles. The molecule has 0 unspecified atom stereocenters. The van der Waals surface area contributed by atoms with E-state index in [4.69, 9.17) is 0 Å². The molecule has 1 N–H and O–H groups in total. The van der Waals surface area contributed by atoms with Crippen LogP contribution in [0.5, 0.6) is 0 Å². The van der Waals surface area contributed by atoms with Crippen molar-refractivity contribution >= 4 is 11.0 Å². The lowest BCUT2D eigenvalue weighted by Crippen LogP contribution is -2.06. The van der Waals surface area contributed by atoms with Gasteiger partial charge in [-0.15, -0.1) is 0 Å². The van der Waals surface area contributed by atoms with Crippen LogP contribution in [0.1, 0.15) is 13.8 Å². The first-order chi connectivity index (χ1) is 8.86. The van der Waals surface area contributed by atoms with Crippen molar-refractivity contribution in [3.8, 4) is 5.69 Å². The van der Waals surface area contributed by atoms with Crippen molar-refractivity contribution in [2.75, 3.05) is 0 Å². The van der Waals surface area contributed by atoms with Crippen LogP contribution in [0.15, 0.2) is 47.7 Å². The number of hydrogen-bond donors (Lipinski definition) is 1. The molecule has 2 aromatic heterocycles. The Balaban J connectivity index is 0.000000574. The number of aromatic nitrogens is 4. The fraction of sp³-hybridized carbons (Fsp3) is 0.154. The highest BCUT2D eigenvalue weighted by Gasteiger charge is 2.07. The van der Waals surface area contributed by atoms with Crippen LogP contribution in [-0.2, 0) is 0 Å². The van der Waals surface area contributed by atoms with E-state index in [0.717, 1.165) is 5.69 Å². The van der Waals surface area contributed by atoms with E-state index >= 15 is 0 Å². The van der Waals surface area contributed by atoms with Gasteiger partial charge in [-0.05, 0) is 12.1 Å². The number of hydrogen-bond acceptors (Lipinski definition) is 3. The molecule has 18 heavy (non-hydrogen) atoms. The Hall–Kier alpha value is -2.43. The summed E-state index contributed by atoms with van der Waals surface area (Å²) in [5.41, 5.74) is 1.28. The predicted octanol–water partition coefficient (Wildman–Crippen LogP) is 2.13. The normalized spacial score (nSPS) is 9.89. The molecule has 0 atom stereocenters. The topological polar surface area (TPSA) is 63.6 Å². The molecular formula is C13H14N4O. The number of nitrogens with zero attached hydrogens (tertiary/aromatic N) is 3. The first kappa shape index (κ1) is 12.0. The van der Waals surface area contributed by atoms with Crippen molar-refractivity contribution in [1.82, 2.24) is 19.7 Å². The molecular weight excluding hydrogens is 228 g/mol. The zero-order valence-electron chi connectivity index (χ0n) is 10.3. The minimum atomic E-state index is -0.174. The lowest BCUT2D eigenvalue weighted by Gasteiger charge is -2.00. The molecule has 0 fully saturated rings. The molecule has 2 heterocycles. The Morgan fingerprint density at radius 3 is 2.61 bits per heavy atom. The van der Waals surface area contributed by atoms with Crippen LogP contribution < -0.4 is 5.56 Å². The van der Waals surface area contributed by atoms with Gasteiger partial charge in [0.2, 0.25) is 0 Å². The summed E-state index contributed by atoms with van der Waals surface area (Å²) in [6.07, 6.45) is 2.90. The molecule has 5 nitrogen and oxygen atoms in total. The van der Waals surface area contributed by atoms with Gasteiger partial charge in [0.25, 0.3) is 5.56 Å². The second kappa shape index (κ2) is 5.27. The van der Waals surface area contributed by atoms with E-state index in [2.05, 4.69) is 15.1 Å². The van der Waals surface area contributed by atoms with E-state index in [1.807, 2.05) is 44.2 Å². The van der Waals surface area contributed by atoms with Crippen molar-refractivity contribution in [2.45, 2.75) is 13.8 Å². The standard InChI is InChI=1S/C11H8N4O.C2H6/c16-11-9-6-14-15(10(9)12-7-13-11)8-4-2-1-3-5-8;1-2/h1-7H,(H,12,13,16);1-2H3. The van der Waals surface area contributed by atoms with Crippen LogP contribution in [-0.4, -0.2) is 19.7 Å². The Morgan fingerprint density at radius 2 is 1.89 bits per heavy atom. The smallest absolute Gasteiger partial charge is 0.261 e. The van der Waals surface area contributed by atoms with Crippen LogP contribution in [0, 0.1) is 0 Å². The van der Waals surface area contributed by atoms with Crippen molar-refractivity contribution < 1.29 is 0 Å². The summed E-state index contributed by atoms with van der Waals surface area (Å²) in [6, 6.07) is 9.58. The molecule has 92 valence electrons. The van der Waals surface area contributed by atoms with E-state index in [-0.39, 0.29) is 5.56 Å². The second-order valence-electron chi connectivity index (χ2n) is 3.36. The third kappa shape index (κ3) is 2.02. The highest BCUT2D eigenvalue weighted by Crippen LogP contribution is 2.11. The lowest BCUT2D eigenvalue weighted by molar-refractivity contribution is 0.894. The minimum Gasteiger partial charge on any atom is -0.312 e. The van der Waals surface area contributed by atoms with Gasteiger partial charge in [0.1, 0.15) is 5.39 Å². The largest absolute Gasteiger partial charge is 0.312 e. The Morgan fingerprint density at radius 1 is 1.17 bits per heavy atom. The zero-order valence-corrected chi connectivity index (χ0v) is 10.3. The average molecular weight is 242 g/mol. The predicted molar refractivity (Wildman–Crippen MR) is 70.8 cm³/mol. The van der Waals surface area contributed by atoms with Gasteiger partial charge in [0.05, 0.1) is 18.2 Å². The number of benzene rings is 1. The minimum absolute atomic E-state index is 0.174. The van der Waals surface area contributed by atoms with E-state index in [0.29, 0.717) is 11.0 Å². The fourth-order valence-corrected chi connectivity index (χ4v) is 1.61. The van der Waals surface area contributed by atoms with Crippen molar-refractivity contribution in [2.24, 2.45) is 0 Å². The van der Waals surface area contributed by atoms with Gasteiger partial charge in [0.15, 0.2) is 5.65 Å². The van der Waals surface area contributed by atoms with Crippen molar-refractivity contribution in [1.29, 1.82) is 0 Å². The Bertz CT molecular complexity index is 685. The number of H-pyrrole nitrogens is 1. The highest BCUT2D eigenvalue weighted by atomic mass is 16.1. The molecule has 0 spiro atoms. The molecule has 0 aliphatic heterocycles. The van der Waals surface area contributed by atoms with Crippen molar-refractivity contribution in [3.05, 3.63) is 53.2 Å². The molecule has 0 amide bonds.